The van der Waals surface area contributed by atoms with Crippen LogP contribution >= 0.6 is 11.3 Å². The molecule has 188 valence electrons. The molecule has 4 aromatic rings. The lowest BCUT2D eigenvalue weighted by Gasteiger charge is -2.27. The van der Waals surface area contributed by atoms with Gasteiger partial charge >= 0.3 is 0 Å². The molecule has 36 heavy (non-hydrogen) atoms. The number of benzene rings is 1. The summed E-state index contributed by atoms with van der Waals surface area (Å²) in [4.78, 5) is 21.5. The second-order valence-electron chi connectivity index (χ2n) is 9.34. The van der Waals surface area contributed by atoms with Crippen molar-refractivity contribution in [3.63, 3.8) is 0 Å². The number of halogens is 2. The van der Waals surface area contributed by atoms with Crippen molar-refractivity contribution in [2.75, 3.05) is 6.54 Å². The minimum atomic E-state index is -1.64. The molecule has 8 nitrogen and oxygen atoms in total. The first kappa shape index (κ1) is 25.5. The SMILES string of the molecule is Cn1nc(-c2cscn2)cc1C(=O)NCC(C)(O)c1cc(C(C)(C)N)cc(-c2ccc(F)cc2F)n1. The summed E-state index contributed by atoms with van der Waals surface area (Å²) in [6, 6.07) is 8.01. The van der Waals surface area contributed by atoms with Gasteiger partial charge in [0.1, 0.15) is 34.3 Å². The predicted molar refractivity (Wildman–Crippen MR) is 133 cm³/mol. The number of hydrogen-bond acceptors (Lipinski definition) is 7. The van der Waals surface area contributed by atoms with Crippen molar-refractivity contribution in [3.8, 4) is 22.6 Å². The third kappa shape index (κ3) is 5.32. The van der Waals surface area contributed by atoms with E-state index in [-0.39, 0.29) is 29.2 Å². The van der Waals surface area contributed by atoms with Crippen molar-refractivity contribution < 1.29 is 18.7 Å². The van der Waals surface area contributed by atoms with E-state index in [0.717, 1.165) is 12.1 Å². The van der Waals surface area contributed by atoms with E-state index in [4.69, 9.17) is 5.73 Å². The Hall–Kier alpha value is -3.54. The molecule has 4 rings (SSSR count). The summed E-state index contributed by atoms with van der Waals surface area (Å²) in [6.07, 6.45) is 0. The van der Waals surface area contributed by atoms with E-state index in [2.05, 4.69) is 20.4 Å². The lowest BCUT2D eigenvalue weighted by atomic mass is 9.90. The molecule has 0 aliphatic rings. The quantitative estimate of drug-likeness (QED) is 0.347. The first-order valence-electron chi connectivity index (χ1n) is 11.1. The maximum absolute atomic E-state index is 14.5. The molecule has 0 radical (unpaired) electrons. The third-order valence-corrected chi connectivity index (χ3v) is 6.32. The zero-order valence-corrected chi connectivity index (χ0v) is 21.0. The molecule has 0 bridgehead atoms. The van der Waals surface area contributed by atoms with Crippen LogP contribution in [0.25, 0.3) is 22.6 Å². The van der Waals surface area contributed by atoms with Crippen LogP contribution in [0.1, 0.15) is 42.5 Å². The number of carbonyl (C=O) groups excluding carboxylic acids is 1. The second kappa shape index (κ2) is 9.49. The van der Waals surface area contributed by atoms with E-state index in [0.29, 0.717) is 17.0 Å². The number of rotatable bonds is 7. The first-order chi connectivity index (χ1) is 16.8. The number of thiazole rings is 1. The molecule has 1 aromatic carbocycles. The van der Waals surface area contributed by atoms with Crippen LogP contribution in [-0.2, 0) is 18.2 Å². The molecular formula is C25H26F2N6O2S. The second-order valence-corrected chi connectivity index (χ2v) is 10.1. The van der Waals surface area contributed by atoms with Crippen molar-refractivity contribution in [1.82, 2.24) is 25.1 Å². The third-order valence-electron chi connectivity index (χ3n) is 5.73. The molecule has 1 unspecified atom stereocenters. The van der Waals surface area contributed by atoms with Crippen LogP contribution in [0.2, 0.25) is 0 Å². The molecule has 0 aliphatic carbocycles. The molecule has 4 N–H and O–H groups in total. The fourth-order valence-electron chi connectivity index (χ4n) is 3.59. The standard InChI is InChI=1S/C25H26F2N6O2S/c1-24(2,28)14-7-18(16-6-5-15(26)9-17(16)27)31-22(8-14)25(3,35)12-29-23(34)21-10-19(32-33(21)4)20-11-36-13-30-20/h5-11,13,35H,12,28H2,1-4H3,(H,29,34). The van der Waals surface area contributed by atoms with Crippen LogP contribution in [0.3, 0.4) is 0 Å². The Labute approximate surface area is 210 Å². The lowest BCUT2D eigenvalue weighted by Crippen LogP contribution is -2.40. The van der Waals surface area contributed by atoms with E-state index in [1.54, 1.807) is 44.6 Å². The van der Waals surface area contributed by atoms with E-state index in [1.807, 2.05) is 5.38 Å². The van der Waals surface area contributed by atoms with Gasteiger partial charge in [-0.2, -0.15) is 5.10 Å². The molecule has 0 fully saturated rings. The fraction of sp³-hybridized carbons (Fsp3) is 0.280. The Balaban J connectivity index is 1.62. The van der Waals surface area contributed by atoms with E-state index in [9.17, 15) is 18.7 Å². The Bertz CT molecular complexity index is 1410. The highest BCUT2D eigenvalue weighted by atomic mass is 32.1. The van der Waals surface area contributed by atoms with Crippen LogP contribution in [0, 0.1) is 11.6 Å². The number of pyridine rings is 1. The Morgan fingerprint density at radius 1 is 1.14 bits per heavy atom. The molecule has 0 spiro atoms. The summed E-state index contributed by atoms with van der Waals surface area (Å²) in [5, 5.41) is 20.1. The van der Waals surface area contributed by atoms with Crippen molar-refractivity contribution in [2.45, 2.75) is 31.9 Å². The van der Waals surface area contributed by atoms with Crippen LogP contribution in [0.15, 0.2) is 47.3 Å². The van der Waals surface area contributed by atoms with E-state index >= 15 is 0 Å². The summed E-state index contributed by atoms with van der Waals surface area (Å²) >= 11 is 1.42. The van der Waals surface area contributed by atoms with Gasteiger partial charge in [0.25, 0.3) is 5.91 Å². The summed E-state index contributed by atoms with van der Waals surface area (Å²) in [5.74, 6) is -1.96. The van der Waals surface area contributed by atoms with Gasteiger partial charge in [-0.25, -0.2) is 18.7 Å². The Morgan fingerprint density at radius 2 is 1.89 bits per heavy atom. The number of aromatic nitrogens is 4. The average Bonchev–Trinajstić information content (AvgIpc) is 3.46. The van der Waals surface area contributed by atoms with Crippen molar-refractivity contribution in [3.05, 3.63) is 75.9 Å². The zero-order chi connectivity index (χ0) is 26.3. The molecule has 3 heterocycles. The number of nitrogens with two attached hydrogens (primary N) is 1. The smallest absolute Gasteiger partial charge is 0.269 e. The highest BCUT2D eigenvalue weighted by Crippen LogP contribution is 2.30. The van der Waals surface area contributed by atoms with Gasteiger partial charge in [0.2, 0.25) is 0 Å². The number of aliphatic hydroxyl groups is 1. The number of hydrogen-bond donors (Lipinski definition) is 3. The number of aryl methyl sites for hydroxylation is 1. The number of nitrogens with one attached hydrogen (secondary N) is 1. The summed E-state index contributed by atoms with van der Waals surface area (Å²) in [6.45, 7) is 4.80. The van der Waals surface area contributed by atoms with Crippen LogP contribution in [0.5, 0.6) is 0 Å². The molecule has 0 saturated carbocycles. The molecule has 0 aliphatic heterocycles. The summed E-state index contributed by atoms with van der Waals surface area (Å²) in [7, 11) is 1.64. The maximum Gasteiger partial charge on any atom is 0.269 e. The minimum absolute atomic E-state index is 0.0630. The number of amides is 1. The normalized spacial score (nSPS) is 13.4. The minimum Gasteiger partial charge on any atom is -0.382 e. The number of carbonyl (C=O) groups is 1. The van der Waals surface area contributed by atoms with Crippen molar-refractivity contribution in [2.24, 2.45) is 12.8 Å². The summed E-state index contributed by atoms with van der Waals surface area (Å²) < 4.78 is 29.4. The predicted octanol–water partition coefficient (Wildman–Crippen LogP) is 3.72. The van der Waals surface area contributed by atoms with Crippen LogP contribution in [-0.4, -0.2) is 37.3 Å². The fourth-order valence-corrected chi connectivity index (χ4v) is 4.14. The highest BCUT2D eigenvalue weighted by molar-refractivity contribution is 7.07. The maximum atomic E-state index is 14.5. The molecular weight excluding hydrogens is 486 g/mol. The van der Waals surface area contributed by atoms with Gasteiger partial charge in [0, 0.05) is 29.6 Å². The highest BCUT2D eigenvalue weighted by Gasteiger charge is 2.30. The molecule has 1 atom stereocenters. The van der Waals surface area contributed by atoms with E-state index < -0.39 is 28.7 Å². The van der Waals surface area contributed by atoms with Crippen LogP contribution < -0.4 is 11.1 Å². The Morgan fingerprint density at radius 3 is 2.53 bits per heavy atom. The Kier molecular flexibility index (Phi) is 6.74. The van der Waals surface area contributed by atoms with Gasteiger partial charge in [-0.1, -0.05) is 0 Å². The monoisotopic (exact) mass is 512 g/mol. The topological polar surface area (TPSA) is 119 Å². The van der Waals surface area contributed by atoms with E-state index in [1.165, 1.54) is 29.0 Å². The number of nitrogens with zero attached hydrogens (tertiary/aromatic N) is 4. The molecule has 11 heteroatoms. The average molecular weight is 513 g/mol. The largest absolute Gasteiger partial charge is 0.382 e. The van der Waals surface area contributed by atoms with Gasteiger partial charge in [0.15, 0.2) is 0 Å². The lowest BCUT2D eigenvalue weighted by molar-refractivity contribution is 0.0486. The van der Waals surface area contributed by atoms with Gasteiger partial charge in [-0.15, -0.1) is 11.3 Å². The molecule has 0 saturated heterocycles. The van der Waals surface area contributed by atoms with Gasteiger partial charge < -0.3 is 16.2 Å². The molecule has 3 aromatic heterocycles. The van der Waals surface area contributed by atoms with Crippen molar-refractivity contribution in [1.29, 1.82) is 0 Å². The first-order valence-corrected chi connectivity index (χ1v) is 12.0. The van der Waals surface area contributed by atoms with Crippen molar-refractivity contribution >= 4 is 17.2 Å². The van der Waals surface area contributed by atoms with Gasteiger partial charge in [0.05, 0.1) is 23.4 Å². The zero-order valence-electron chi connectivity index (χ0n) is 20.2. The van der Waals surface area contributed by atoms with Crippen LogP contribution in [0.4, 0.5) is 8.78 Å². The van der Waals surface area contributed by atoms with Gasteiger partial charge in [-0.05, 0) is 56.7 Å². The summed E-state index contributed by atoms with van der Waals surface area (Å²) in [5.41, 5.74) is 7.98. The van der Waals surface area contributed by atoms with Gasteiger partial charge in [-0.3, -0.25) is 9.48 Å². The molecule has 1 amide bonds.